The number of piperidine rings is 1. The zero-order valence-electron chi connectivity index (χ0n) is 10.5. The second-order valence-corrected chi connectivity index (χ2v) is 4.82. The lowest BCUT2D eigenvalue weighted by Gasteiger charge is -2.35. The van der Waals surface area contributed by atoms with Crippen LogP contribution in [0, 0.1) is 5.92 Å². The van der Waals surface area contributed by atoms with E-state index in [2.05, 4.69) is 20.8 Å². The molecule has 88 valence electrons. The van der Waals surface area contributed by atoms with E-state index in [9.17, 15) is 4.79 Å². The number of amides is 2. The monoisotopic (exact) mass is 212 g/mol. The molecule has 1 aliphatic rings. The minimum absolute atomic E-state index is 0.205. The summed E-state index contributed by atoms with van der Waals surface area (Å²) in [6.07, 6.45) is 3.33. The van der Waals surface area contributed by atoms with Gasteiger partial charge >= 0.3 is 6.03 Å². The smallest absolute Gasteiger partial charge is 0.319 e. The number of urea groups is 1. The van der Waals surface area contributed by atoms with Crippen molar-refractivity contribution in [2.45, 2.75) is 46.1 Å². The van der Waals surface area contributed by atoms with Crippen LogP contribution in [0.4, 0.5) is 4.79 Å². The Morgan fingerprint density at radius 2 is 2.00 bits per heavy atom. The van der Waals surface area contributed by atoms with Crippen LogP contribution in [0.15, 0.2) is 0 Å². The van der Waals surface area contributed by atoms with E-state index in [0.29, 0.717) is 6.04 Å². The maximum atomic E-state index is 12.1. The van der Waals surface area contributed by atoms with Crippen LogP contribution < -0.4 is 0 Å². The van der Waals surface area contributed by atoms with Crippen LogP contribution in [0.2, 0.25) is 0 Å². The predicted octanol–water partition coefficient (Wildman–Crippen LogP) is 2.57. The maximum absolute atomic E-state index is 12.1. The average Bonchev–Trinajstić information content (AvgIpc) is 2.27. The third kappa shape index (κ3) is 3.11. The Kier molecular flexibility index (Phi) is 4.43. The van der Waals surface area contributed by atoms with E-state index in [1.54, 1.807) is 0 Å². The van der Waals surface area contributed by atoms with Crippen LogP contribution in [-0.2, 0) is 0 Å². The van der Waals surface area contributed by atoms with Crippen molar-refractivity contribution in [2.75, 3.05) is 20.1 Å². The molecule has 1 fully saturated rings. The van der Waals surface area contributed by atoms with Crippen LogP contribution in [0.3, 0.4) is 0 Å². The molecule has 0 aromatic heterocycles. The summed E-state index contributed by atoms with van der Waals surface area (Å²) in [6, 6.07) is 0.549. The van der Waals surface area contributed by atoms with E-state index >= 15 is 0 Å². The summed E-state index contributed by atoms with van der Waals surface area (Å²) in [7, 11) is 1.91. The number of rotatable bonds is 2. The molecule has 15 heavy (non-hydrogen) atoms. The first-order valence-electron chi connectivity index (χ1n) is 6.08. The van der Waals surface area contributed by atoms with Crippen LogP contribution in [0.1, 0.15) is 40.0 Å². The number of hydrogen-bond donors (Lipinski definition) is 0. The molecule has 0 aromatic carbocycles. The minimum Gasteiger partial charge on any atom is -0.325 e. The molecular weight excluding hydrogens is 188 g/mol. The Morgan fingerprint density at radius 1 is 1.47 bits per heavy atom. The fourth-order valence-corrected chi connectivity index (χ4v) is 1.89. The van der Waals surface area contributed by atoms with Gasteiger partial charge in [-0.15, -0.1) is 0 Å². The van der Waals surface area contributed by atoms with E-state index in [4.69, 9.17) is 0 Å². The van der Waals surface area contributed by atoms with Crippen molar-refractivity contribution in [2.24, 2.45) is 5.92 Å². The molecular formula is C12H24N2O. The van der Waals surface area contributed by atoms with E-state index in [1.807, 2.05) is 16.8 Å². The van der Waals surface area contributed by atoms with Crippen molar-refractivity contribution in [1.29, 1.82) is 0 Å². The average molecular weight is 212 g/mol. The van der Waals surface area contributed by atoms with Gasteiger partial charge in [0.1, 0.15) is 0 Å². The van der Waals surface area contributed by atoms with Gasteiger partial charge in [-0.1, -0.05) is 13.8 Å². The summed E-state index contributed by atoms with van der Waals surface area (Å²) in [5, 5.41) is 0. The summed E-state index contributed by atoms with van der Waals surface area (Å²) >= 11 is 0. The van der Waals surface area contributed by atoms with E-state index < -0.39 is 0 Å². The summed E-state index contributed by atoms with van der Waals surface area (Å²) in [5.74, 6) is 0.781. The van der Waals surface area contributed by atoms with Crippen molar-refractivity contribution in [3.63, 3.8) is 0 Å². The molecule has 1 rings (SSSR count). The molecule has 0 aromatic rings. The van der Waals surface area contributed by atoms with Gasteiger partial charge in [0.15, 0.2) is 0 Å². The molecule has 2 amide bonds. The van der Waals surface area contributed by atoms with Crippen LogP contribution in [0.5, 0.6) is 0 Å². The molecule has 1 atom stereocenters. The fraction of sp³-hybridized carbons (Fsp3) is 0.917. The highest BCUT2D eigenvalue weighted by Gasteiger charge is 2.24. The molecule has 1 saturated heterocycles. The minimum atomic E-state index is 0.205. The van der Waals surface area contributed by atoms with Gasteiger partial charge in [-0.05, 0) is 32.1 Å². The molecule has 3 heteroatoms. The molecule has 0 saturated carbocycles. The fourth-order valence-electron chi connectivity index (χ4n) is 1.89. The largest absolute Gasteiger partial charge is 0.325 e. The van der Waals surface area contributed by atoms with E-state index in [-0.39, 0.29) is 6.03 Å². The molecule has 0 bridgehead atoms. The lowest BCUT2D eigenvalue weighted by Crippen LogP contribution is -2.47. The molecule has 1 unspecified atom stereocenters. The van der Waals surface area contributed by atoms with Crippen molar-refractivity contribution in [1.82, 2.24) is 9.80 Å². The number of hydrogen-bond acceptors (Lipinski definition) is 1. The number of likely N-dealkylation sites (tertiary alicyclic amines) is 1. The molecule has 1 aliphatic heterocycles. The third-order valence-electron chi connectivity index (χ3n) is 3.61. The van der Waals surface area contributed by atoms with E-state index in [1.165, 1.54) is 0 Å². The standard InChI is InChI=1S/C12H24N2O/c1-5-11(3)13(4)12(15)14-8-6-10(2)7-9-14/h10-11H,5-9H2,1-4H3. The van der Waals surface area contributed by atoms with Crippen molar-refractivity contribution < 1.29 is 4.79 Å². The number of nitrogens with zero attached hydrogens (tertiary/aromatic N) is 2. The van der Waals surface area contributed by atoms with Gasteiger partial charge in [-0.25, -0.2) is 4.79 Å². The van der Waals surface area contributed by atoms with Gasteiger partial charge in [0.25, 0.3) is 0 Å². The van der Waals surface area contributed by atoms with Gasteiger partial charge in [0.05, 0.1) is 0 Å². The lowest BCUT2D eigenvalue weighted by molar-refractivity contribution is 0.131. The second-order valence-electron chi connectivity index (χ2n) is 4.82. The van der Waals surface area contributed by atoms with Crippen molar-refractivity contribution in [3.05, 3.63) is 0 Å². The first-order valence-corrected chi connectivity index (χ1v) is 6.08. The van der Waals surface area contributed by atoms with Gasteiger partial charge < -0.3 is 9.80 Å². The molecule has 3 nitrogen and oxygen atoms in total. The van der Waals surface area contributed by atoms with Crippen molar-refractivity contribution >= 4 is 6.03 Å². The Labute approximate surface area is 93.4 Å². The first kappa shape index (κ1) is 12.3. The third-order valence-corrected chi connectivity index (χ3v) is 3.61. The Morgan fingerprint density at radius 3 is 2.47 bits per heavy atom. The summed E-state index contributed by atoms with van der Waals surface area (Å²) in [5.41, 5.74) is 0. The SMILES string of the molecule is CCC(C)N(C)C(=O)N1CCC(C)CC1. The molecule has 0 N–H and O–H groups in total. The topological polar surface area (TPSA) is 23.6 Å². The van der Waals surface area contributed by atoms with Crippen LogP contribution in [-0.4, -0.2) is 42.0 Å². The van der Waals surface area contributed by atoms with Gasteiger partial charge in [-0.2, -0.15) is 0 Å². The van der Waals surface area contributed by atoms with Gasteiger partial charge in [0.2, 0.25) is 0 Å². The highest BCUT2D eigenvalue weighted by atomic mass is 16.2. The van der Waals surface area contributed by atoms with Crippen LogP contribution in [0.25, 0.3) is 0 Å². The van der Waals surface area contributed by atoms with E-state index in [0.717, 1.165) is 38.3 Å². The van der Waals surface area contributed by atoms with Crippen molar-refractivity contribution in [3.8, 4) is 0 Å². The maximum Gasteiger partial charge on any atom is 0.319 e. The second kappa shape index (κ2) is 5.38. The highest BCUT2D eigenvalue weighted by Crippen LogP contribution is 2.17. The quantitative estimate of drug-likeness (QED) is 0.690. The van der Waals surface area contributed by atoms with Gasteiger partial charge in [-0.3, -0.25) is 0 Å². The molecule has 0 spiro atoms. The summed E-state index contributed by atoms with van der Waals surface area (Å²) < 4.78 is 0. The Bertz CT molecular complexity index is 210. The molecule has 0 aliphatic carbocycles. The zero-order valence-corrected chi connectivity index (χ0v) is 10.5. The Hall–Kier alpha value is -0.730. The Balaban J connectivity index is 2.46. The van der Waals surface area contributed by atoms with Crippen LogP contribution >= 0.6 is 0 Å². The number of carbonyl (C=O) groups is 1. The zero-order chi connectivity index (χ0) is 11.4. The predicted molar refractivity (Wildman–Crippen MR) is 62.9 cm³/mol. The normalized spacial score (nSPS) is 20.1. The first-order chi connectivity index (χ1) is 7.06. The van der Waals surface area contributed by atoms with Gasteiger partial charge in [0, 0.05) is 26.2 Å². The lowest BCUT2D eigenvalue weighted by atomic mass is 9.99. The summed E-state index contributed by atoms with van der Waals surface area (Å²) in [4.78, 5) is 15.9. The highest BCUT2D eigenvalue weighted by molar-refractivity contribution is 5.74. The summed E-state index contributed by atoms with van der Waals surface area (Å²) in [6.45, 7) is 8.35. The molecule has 0 radical (unpaired) electrons. The number of carbonyl (C=O) groups excluding carboxylic acids is 1. The molecule has 1 heterocycles.